The zero-order valence-electron chi connectivity index (χ0n) is 44.6. The van der Waals surface area contributed by atoms with Crippen LogP contribution in [0.2, 0.25) is 0 Å². The predicted octanol–water partition coefficient (Wildman–Crippen LogP) is 16.9. The van der Waals surface area contributed by atoms with Crippen LogP contribution in [-0.2, 0) is 18.4 Å². The number of nitrogens with one attached hydrogen (secondary N) is 1. The Labute approximate surface area is 415 Å². The summed E-state index contributed by atoms with van der Waals surface area (Å²) in [6.07, 6.45) is 66.1. The molecule has 0 aromatic heterocycles. The fourth-order valence-corrected chi connectivity index (χ4v) is 8.72. The van der Waals surface area contributed by atoms with Gasteiger partial charge in [0.05, 0.1) is 39.9 Å². The fourth-order valence-electron chi connectivity index (χ4n) is 7.99. The van der Waals surface area contributed by atoms with E-state index in [-0.39, 0.29) is 19.1 Å². The Morgan fingerprint density at radius 1 is 0.507 bits per heavy atom. The lowest BCUT2D eigenvalue weighted by Gasteiger charge is -2.25. The first-order chi connectivity index (χ1) is 32.5. The van der Waals surface area contributed by atoms with Crippen LogP contribution < -0.4 is 5.32 Å². The predicted molar refractivity (Wildman–Crippen MR) is 290 cm³/mol. The number of likely N-dealkylation sites (N-methyl/N-ethyl adjacent to an activating group) is 1. The van der Waals surface area contributed by atoms with E-state index < -0.39 is 20.0 Å². The molecule has 3 unspecified atom stereocenters. The molecule has 9 heteroatoms. The van der Waals surface area contributed by atoms with Gasteiger partial charge in [0.25, 0.3) is 0 Å². The number of carbonyl (C=O) groups is 1. The summed E-state index contributed by atoms with van der Waals surface area (Å²) in [6, 6.07) is -0.872. The topological polar surface area (TPSA) is 105 Å². The number of amides is 1. The summed E-state index contributed by atoms with van der Waals surface area (Å²) in [5.41, 5.74) is 0. The summed E-state index contributed by atoms with van der Waals surface area (Å²) >= 11 is 0. The third-order valence-corrected chi connectivity index (χ3v) is 13.4. The summed E-state index contributed by atoms with van der Waals surface area (Å²) in [4.78, 5) is 23.3. The van der Waals surface area contributed by atoms with Crippen molar-refractivity contribution in [3.05, 3.63) is 60.8 Å². The van der Waals surface area contributed by atoms with Gasteiger partial charge in [-0.25, -0.2) is 4.57 Å². The third kappa shape index (κ3) is 51.9. The van der Waals surface area contributed by atoms with Gasteiger partial charge in [0, 0.05) is 6.42 Å². The third-order valence-electron chi connectivity index (χ3n) is 12.4. The molecule has 67 heavy (non-hydrogen) atoms. The second kappa shape index (κ2) is 49.2. The molecule has 0 saturated heterocycles. The second-order valence-corrected chi connectivity index (χ2v) is 21.7. The average molecular weight is 962 g/mol. The monoisotopic (exact) mass is 962 g/mol. The molecule has 0 rings (SSSR count). The number of unbranched alkanes of at least 4 members (excludes halogenated alkanes) is 30. The number of phosphoric ester groups is 1. The highest BCUT2D eigenvalue weighted by atomic mass is 31.2. The molecule has 8 nitrogen and oxygen atoms in total. The van der Waals surface area contributed by atoms with Crippen molar-refractivity contribution in [2.75, 3.05) is 40.9 Å². The van der Waals surface area contributed by atoms with Gasteiger partial charge in [-0.15, -0.1) is 0 Å². The van der Waals surface area contributed by atoms with Crippen LogP contribution >= 0.6 is 7.82 Å². The van der Waals surface area contributed by atoms with E-state index in [1.165, 1.54) is 180 Å². The summed E-state index contributed by atoms with van der Waals surface area (Å²) in [5, 5.41) is 13.9. The van der Waals surface area contributed by atoms with Crippen LogP contribution in [0.25, 0.3) is 0 Å². The molecule has 0 spiro atoms. The molecular weight excluding hydrogens is 852 g/mol. The molecule has 0 fully saturated rings. The van der Waals surface area contributed by atoms with Gasteiger partial charge in [0.2, 0.25) is 5.91 Å². The lowest BCUT2D eigenvalue weighted by atomic mass is 10.0. The molecule has 1 amide bonds. The van der Waals surface area contributed by atoms with E-state index in [0.717, 1.165) is 51.4 Å². The Balaban J connectivity index is 4.20. The number of hydrogen-bond acceptors (Lipinski definition) is 5. The molecule has 0 heterocycles. The smallest absolute Gasteiger partial charge is 0.387 e. The van der Waals surface area contributed by atoms with Crippen LogP contribution in [0.3, 0.4) is 0 Å². The van der Waals surface area contributed by atoms with Crippen molar-refractivity contribution >= 4 is 13.7 Å². The minimum absolute atomic E-state index is 0.0520. The van der Waals surface area contributed by atoms with Gasteiger partial charge in [0.15, 0.2) is 0 Å². The molecule has 0 aromatic rings. The Hall–Kier alpha value is -1.80. The second-order valence-electron chi connectivity index (χ2n) is 20.3. The number of hydrogen-bond donors (Lipinski definition) is 3. The summed E-state index contributed by atoms with van der Waals surface area (Å²) in [7, 11) is 1.54. The maximum atomic E-state index is 13.0. The molecule has 3 N–H and O–H groups in total. The summed E-state index contributed by atoms with van der Waals surface area (Å²) < 4.78 is 23.6. The number of quaternary nitrogens is 1. The van der Waals surface area contributed by atoms with Crippen LogP contribution in [0.4, 0.5) is 0 Å². The molecule has 0 aliphatic heterocycles. The Morgan fingerprint density at radius 2 is 0.866 bits per heavy atom. The zero-order chi connectivity index (χ0) is 49.2. The maximum absolute atomic E-state index is 13.0. The summed E-state index contributed by atoms with van der Waals surface area (Å²) in [5.74, 6) is -0.192. The number of carbonyl (C=O) groups excluding carboxylic acids is 1. The average Bonchev–Trinajstić information content (AvgIpc) is 3.29. The molecule has 3 atom stereocenters. The van der Waals surface area contributed by atoms with Crippen LogP contribution in [0.5, 0.6) is 0 Å². The fraction of sp³-hybridized carbons (Fsp3) is 0.810. The van der Waals surface area contributed by atoms with E-state index in [1.807, 2.05) is 27.2 Å². The summed E-state index contributed by atoms with van der Waals surface area (Å²) in [6.45, 7) is 4.78. The van der Waals surface area contributed by atoms with Gasteiger partial charge in [-0.3, -0.25) is 13.8 Å². The van der Waals surface area contributed by atoms with E-state index >= 15 is 0 Å². The highest BCUT2D eigenvalue weighted by Gasteiger charge is 2.27. The van der Waals surface area contributed by atoms with Gasteiger partial charge >= 0.3 is 7.82 Å². The highest BCUT2D eigenvalue weighted by Crippen LogP contribution is 2.43. The Morgan fingerprint density at radius 3 is 1.28 bits per heavy atom. The quantitative estimate of drug-likeness (QED) is 0.0243. The number of allylic oxidation sites excluding steroid dienone is 9. The van der Waals surface area contributed by atoms with Gasteiger partial charge in [-0.1, -0.05) is 229 Å². The van der Waals surface area contributed by atoms with Crippen molar-refractivity contribution in [1.82, 2.24) is 5.32 Å². The standard InChI is InChI=1S/C58H109N2O6P/c1-6-8-10-12-14-16-18-20-22-24-25-26-27-28-29-30-31-32-33-34-35-36-38-40-42-44-46-48-50-52-58(62)59-56(55-66-67(63,64)65-54-53-60(3,4)5)57(61)51-49-47-45-43-41-39-37-23-21-19-17-15-13-11-9-7-2/h21,23,25-26,28-29,41,43,49,51,56-57,61H,6-20,22,24,27,30-40,42,44-48,50,52-55H2,1-5H3,(H-,59,62,63,64)/p+1/b23-21+,26-25-,29-28-,43-41+,51-49+. The van der Waals surface area contributed by atoms with Crippen molar-refractivity contribution in [3.63, 3.8) is 0 Å². The number of aliphatic hydroxyl groups is 1. The molecule has 0 radical (unpaired) electrons. The van der Waals surface area contributed by atoms with Gasteiger partial charge in [0.1, 0.15) is 13.2 Å². The SMILES string of the molecule is CCCCCCCC/C=C/CC/C=C/CC/C=C/C(O)C(COP(=O)(O)OCC[N+](C)(C)C)NC(=O)CCCCCCCCCCCCCCC/C=C\C/C=C\CCCCCCCCCCC. The van der Waals surface area contributed by atoms with Crippen LogP contribution in [0.15, 0.2) is 60.8 Å². The normalized spacial score (nSPS) is 14.4. The van der Waals surface area contributed by atoms with E-state index in [1.54, 1.807) is 6.08 Å². The van der Waals surface area contributed by atoms with Gasteiger partial charge in [-0.05, 0) is 77.0 Å². The lowest BCUT2D eigenvalue weighted by Crippen LogP contribution is -2.45. The van der Waals surface area contributed by atoms with E-state index in [9.17, 15) is 19.4 Å². The van der Waals surface area contributed by atoms with Crippen molar-refractivity contribution in [2.24, 2.45) is 0 Å². The number of phosphoric acid groups is 1. The molecule has 0 aromatic carbocycles. The van der Waals surface area contributed by atoms with Gasteiger partial charge in [-0.2, -0.15) is 0 Å². The van der Waals surface area contributed by atoms with Crippen molar-refractivity contribution in [2.45, 2.75) is 264 Å². The lowest BCUT2D eigenvalue weighted by molar-refractivity contribution is -0.870. The van der Waals surface area contributed by atoms with Gasteiger partial charge < -0.3 is 19.8 Å². The molecule has 0 aliphatic carbocycles. The Kier molecular flexibility index (Phi) is 47.9. The number of aliphatic hydroxyl groups excluding tert-OH is 1. The number of nitrogens with zero attached hydrogens (tertiary/aromatic N) is 1. The number of rotatable bonds is 51. The van der Waals surface area contributed by atoms with Crippen LogP contribution in [0.1, 0.15) is 251 Å². The zero-order valence-corrected chi connectivity index (χ0v) is 45.5. The molecule has 0 bridgehead atoms. The van der Waals surface area contributed by atoms with Crippen molar-refractivity contribution < 1.29 is 32.9 Å². The maximum Gasteiger partial charge on any atom is 0.472 e. The first-order valence-electron chi connectivity index (χ1n) is 28.2. The Bertz CT molecular complexity index is 1270. The largest absolute Gasteiger partial charge is 0.472 e. The first kappa shape index (κ1) is 65.2. The molecular formula is C58H110N2O6P+. The highest BCUT2D eigenvalue weighted by molar-refractivity contribution is 7.47. The minimum Gasteiger partial charge on any atom is -0.387 e. The van der Waals surface area contributed by atoms with E-state index in [2.05, 4.69) is 67.8 Å². The molecule has 0 aliphatic rings. The van der Waals surface area contributed by atoms with E-state index in [0.29, 0.717) is 17.4 Å². The molecule has 392 valence electrons. The van der Waals surface area contributed by atoms with Crippen molar-refractivity contribution in [3.8, 4) is 0 Å². The first-order valence-corrected chi connectivity index (χ1v) is 29.7. The molecule has 0 saturated carbocycles. The van der Waals surface area contributed by atoms with Crippen molar-refractivity contribution in [1.29, 1.82) is 0 Å². The van der Waals surface area contributed by atoms with E-state index in [4.69, 9.17) is 9.05 Å². The van der Waals surface area contributed by atoms with Crippen LogP contribution in [0, 0.1) is 0 Å². The van der Waals surface area contributed by atoms with Crippen LogP contribution in [-0.4, -0.2) is 73.4 Å². The minimum atomic E-state index is -4.36.